The highest BCUT2D eigenvalue weighted by Crippen LogP contribution is 2.36. The molecule has 6 nitrogen and oxygen atoms in total. The van der Waals surface area contributed by atoms with Gasteiger partial charge in [-0.15, -0.1) is 0 Å². The number of nitrogens with zero attached hydrogens (tertiary/aromatic N) is 3. The number of amides is 1. The third kappa shape index (κ3) is 3.26. The van der Waals surface area contributed by atoms with E-state index >= 15 is 0 Å². The van der Waals surface area contributed by atoms with E-state index in [0.717, 1.165) is 47.4 Å². The van der Waals surface area contributed by atoms with Crippen LogP contribution >= 0.6 is 0 Å². The van der Waals surface area contributed by atoms with Crippen LogP contribution in [0.5, 0.6) is 5.75 Å². The number of rotatable bonds is 3. The van der Waals surface area contributed by atoms with Gasteiger partial charge in [0.05, 0.1) is 12.8 Å². The first-order valence-corrected chi connectivity index (χ1v) is 8.91. The molecule has 1 aromatic carbocycles. The summed E-state index contributed by atoms with van der Waals surface area (Å²) < 4.78 is 5.52. The number of hydrogen-bond acceptors (Lipinski definition) is 5. The molecule has 6 heteroatoms. The van der Waals surface area contributed by atoms with Gasteiger partial charge in [-0.3, -0.25) is 15.1 Å². The molecule has 1 aliphatic carbocycles. The van der Waals surface area contributed by atoms with Crippen LogP contribution in [0.1, 0.15) is 33.6 Å². The van der Waals surface area contributed by atoms with Gasteiger partial charge in [-0.25, -0.2) is 9.97 Å². The normalized spacial score (nSPS) is 12.5. The molecule has 2 aromatic heterocycles. The Morgan fingerprint density at radius 2 is 2.04 bits per heavy atom. The largest absolute Gasteiger partial charge is 0.496 e. The summed E-state index contributed by atoms with van der Waals surface area (Å²) in [5, 5.41) is 2.80. The summed E-state index contributed by atoms with van der Waals surface area (Å²) in [6.45, 7) is 1.85. The van der Waals surface area contributed by atoms with Crippen molar-refractivity contribution in [2.24, 2.45) is 0 Å². The van der Waals surface area contributed by atoms with Gasteiger partial charge in [-0.1, -0.05) is 12.1 Å². The Morgan fingerprint density at radius 3 is 2.85 bits per heavy atom. The molecule has 0 radical (unpaired) electrons. The first-order chi connectivity index (χ1) is 13.2. The predicted octanol–water partition coefficient (Wildman–Crippen LogP) is 3.60. The van der Waals surface area contributed by atoms with E-state index < -0.39 is 0 Å². The van der Waals surface area contributed by atoms with Crippen LogP contribution in [-0.2, 0) is 12.8 Å². The Kier molecular flexibility index (Phi) is 4.54. The van der Waals surface area contributed by atoms with Gasteiger partial charge < -0.3 is 4.74 Å². The number of carbonyl (C=O) groups is 1. The standard InChI is InChI=1S/C21H20N4O2/c1-13-11-22-10-9-14(13)20(26)25-21-23-12-17-15-5-4-8-19(27-2)16(15)6-3-7-18(17)24-21/h4-5,8-12H,3,6-7H2,1-2H3,(H,23,24,25,26). The summed E-state index contributed by atoms with van der Waals surface area (Å²) >= 11 is 0. The highest BCUT2D eigenvalue weighted by atomic mass is 16.5. The molecule has 0 fully saturated rings. The van der Waals surface area contributed by atoms with Crippen molar-refractivity contribution >= 4 is 11.9 Å². The van der Waals surface area contributed by atoms with Gasteiger partial charge >= 0.3 is 0 Å². The van der Waals surface area contributed by atoms with Crippen LogP contribution in [-0.4, -0.2) is 28.0 Å². The minimum absolute atomic E-state index is 0.231. The first kappa shape index (κ1) is 17.1. The predicted molar refractivity (Wildman–Crippen MR) is 103 cm³/mol. The molecule has 1 amide bonds. The van der Waals surface area contributed by atoms with E-state index in [1.54, 1.807) is 31.8 Å². The number of hydrogen-bond donors (Lipinski definition) is 1. The maximum atomic E-state index is 12.5. The van der Waals surface area contributed by atoms with Crippen LogP contribution in [0, 0.1) is 6.92 Å². The second-order valence-corrected chi connectivity index (χ2v) is 6.54. The number of pyridine rings is 1. The fourth-order valence-electron chi connectivity index (χ4n) is 3.49. The number of ether oxygens (including phenoxy) is 1. The van der Waals surface area contributed by atoms with E-state index in [1.165, 1.54) is 5.56 Å². The van der Waals surface area contributed by atoms with Gasteiger partial charge in [0.15, 0.2) is 0 Å². The Labute approximate surface area is 157 Å². The fourth-order valence-corrected chi connectivity index (χ4v) is 3.49. The molecule has 0 unspecified atom stereocenters. The van der Waals surface area contributed by atoms with Crippen LogP contribution in [0.3, 0.4) is 0 Å². The first-order valence-electron chi connectivity index (χ1n) is 8.91. The van der Waals surface area contributed by atoms with Crippen molar-refractivity contribution in [1.29, 1.82) is 0 Å². The number of aromatic nitrogens is 3. The van der Waals surface area contributed by atoms with E-state index in [9.17, 15) is 4.79 Å². The van der Waals surface area contributed by atoms with Gasteiger partial charge in [0.25, 0.3) is 5.91 Å². The zero-order chi connectivity index (χ0) is 18.8. The van der Waals surface area contributed by atoms with Crippen molar-refractivity contribution in [1.82, 2.24) is 15.0 Å². The van der Waals surface area contributed by atoms with Crippen LogP contribution < -0.4 is 10.1 Å². The molecule has 1 N–H and O–H groups in total. The van der Waals surface area contributed by atoms with E-state index in [2.05, 4.69) is 26.3 Å². The minimum Gasteiger partial charge on any atom is -0.496 e. The Bertz CT molecular complexity index is 1020. The van der Waals surface area contributed by atoms with Gasteiger partial charge in [-0.2, -0.15) is 0 Å². The van der Waals surface area contributed by atoms with Gasteiger partial charge in [0.2, 0.25) is 5.95 Å². The smallest absolute Gasteiger partial charge is 0.258 e. The molecule has 0 bridgehead atoms. The molecule has 0 saturated heterocycles. The highest BCUT2D eigenvalue weighted by molar-refractivity contribution is 6.04. The molecule has 136 valence electrons. The molecule has 0 aliphatic heterocycles. The number of fused-ring (bicyclic) bond motifs is 3. The Balaban J connectivity index is 1.67. The van der Waals surface area contributed by atoms with E-state index in [-0.39, 0.29) is 5.91 Å². The second kappa shape index (κ2) is 7.15. The van der Waals surface area contributed by atoms with Crippen molar-refractivity contribution in [3.63, 3.8) is 0 Å². The van der Waals surface area contributed by atoms with Crippen molar-refractivity contribution in [3.05, 3.63) is 65.2 Å². The second-order valence-electron chi connectivity index (χ2n) is 6.54. The number of anilines is 1. The lowest BCUT2D eigenvalue weighted by molar-refractivity contribution is 0.102. The van der Waals surface area contributed by atoms with Crippen LogP contribution in [0.15, 0.2) is 42.9 Å². The molecular weight excluding hydrogens is 340 g/mol. The molecule has 27 heavy (non-hydrogen) atoms. The van der Waals surface area contributed by atoms with Crippen molar-refractivity contribution in [2.45, 2.75) is 26.2 Å². The molecule has 4 rings (SSSR count). The lowest BCUT2D eigenvalue weighted by atomic mass is 9.99. The van der Waals surface area contributed by atoms with Crippen LogP contribution in [0.4, 0.5) is 5.95 Å². The van der Waals surface area contributed by atoms with E-state index in [1.807, 2.05) is 19.1 Å². The number of aryl methyl sites for hydroxylation is 2. The van der Waals surface area contributed by atoms with Crippen molar-refractivity contribution < 1.29 is 9.53 Å². The van der Waals surface area contributed by atoms with Crippen molar-refractivity contribution in [3.8, 4) is 16.9 Å². The summed E-state index contributed by atoms with van der Waals surface area (Å²) in [5.41, 5.74) is 5.61. The SMILES string of the molecule is COc1cccc2c1CCCc1nc(NC(=O)c3ccncc3C)ncc1-2. The van der Waals surface area contributed by atoms with Gasteiger partial charge in [0, 0.05) is 35.3 Å². The summed E-state index contributed by atoms with van der Waals surface area (Å²) in [5.74, 6) is 0.984. The topological polar surface area (TPSA) is 77.0 Å². The average molecular weight is 360 g/mol. The number of nitrogens with one attached hydrogen (secondary N) is 1. The minimum atomic E-state index is -0.231. The van der Waals surface area contributed by atoms with Crippen LogP contribution in [0.25, 0.3) is 11.1 Å². The quantitative estimate of drug-likeness (QED) is 0.772. The van der Waals surface area contributed by atoms with Crippen molar-refractivity contribution in [2.75, 3.05) is 12.4 Å². The molecule has 1 aliphatic rings. The molecular formula is C21H20N4O2. The summed E-state index contributed by atoms with van der Waals surface area (Å²) in [4.78, 5) is 25.5. The Morgan fingerprint density at radius 1 is 1.15 bits per heavy atom. The van der Waals surface area contributed by atoms with Gasteiger partial charge in [0.1, 0.15) is 5.75 Å². The summed E-state index contributed by atoms with van der Waals surface area (Å²) in [7, 11) is 1.69. The Hall–Kier alpha value is -3.28. The van der Waals surface area contributed by atoms with E-state index in [4.69, 9.17) is 4.74 Å². The monoisotopic (exact) mass is 360 g/mol. The van der Waals surface area contributed by atoms with Gasteiger partial charge in [-0.05, 0) is 49.4 Å². The van der Waals surface area contributed by atoms with Crippen LogP contribution in [0.2, 0.25) is 0 Å². The van der Waals surface area contributed by atoms with E-state index in [0.29, 0.717) is 11.5 Å². The summed E-state index contributed by atoms with van der Waals surface area (Å²) in [6, 6.07) is 7.73. The molecule has 0 atom stereocenters. The average Bonchev–Trinajstić information content (AvgIpc) is 2.87. The fraction of sp³-hybridized carbons (Fsp3) is 0.238. The lowest BCUT2D eigenvalue weighted by Gasteiger charge is -2.13. The number of methoxy groups -OCH3 is 1. The lowest BCUT2D eigenvalue weighted by Crippen LogP contribution is -2.16. The molecule has 3 aromatic rings. The third-order valence-corrected chi connectivity index (χ3v) is 4.84. The number of benzene rings is 1. The zero-order valence-electron chi connectivity index (χ0n) is 15.3. The summed E-state index contributed by atoms with van der Waals surface area (Å²) in [6.07, 6.45) is 7.77. The molecule has 0 spiro atoms. The third-order valence-electron chi connectivity index (χ3n) is 4.84. The molecule has 2 heterocycles. The molecule has 0 saturated carbocycles. The maximum absolute atomic E-state index is 12.5. The maximum Gasteiger partial charge on any atom is 0.258 e. The highest BCUT2D eigenvalue weighted by Gasteiger charge is 2.20. The number of carbonyl (C=O) groups excluding carboxylic acids is 1. The zero-order valence-corrected chi connectivity index (χ0v) is 15.3.